The summed E-state index contributed by atoms with van der Waals surface area (Å²) < 4.78 is 13.8. The van der Waals surface area contributed by atoms with E-state index in [0.717, 1.165) is 48.3 Å². The van der Waals surface area contributed by atoms with Crippen LogP contribution in [0.15, 0.2) is 42.5 Å². The number of anilines is 1. The van der Waals surface area contributed by atoms with E-state index in [-0.39, 0.29) is 17.3 Å². The lowest BCUT2D eigenvalue weighted by molar-refractivity contribution is 0.0666. The average molecular weight is 381 g/mol. The zero-order chi connectivity index (χ0) is 20.1. The minimum atomic E-state index is -0.195. The third-order valence-corrected chi connectivity index (χ3v) is 6.44. The van der Waals surface area contributed by atoms with Gasteiger partial charge in [0.05, 0.1) is 0 Å². The van der Waals surface area contributed by atoms with Crippen LogP contribution in [0.4, 0.5) is 10.1 Å². The predicted octanol–water partition coefficient (Wildman–Crippen LogP) is 4.96. The van der Waals surface area contributed by atoms with Crippen LogP contribution >= 0.6 is 0 Å². The molecule has 2 aromatic rings. The maximum atomic E-state index is 13.8. The number of fused-ring (bicyclic) bond motifs is 1. The molecule has 1 amide bonds. The lowest BCUT2D eigenvalue weighted by atomic mass is 9.89. The molecule has 2 fully saturated rings. The van der Waals surface area contributed by atoms with Crippen LogP contribution in [0.5, 0.6) is 0 Å². The topological polar surface area (TPSA) is 23.6 Å². The third kappa shape index (κ3) is 3.30. The Kier molecular flexibility index (Phi) is 4.68. The summed E-state index contributed by atoms with van der Waals surface area (Å²) >= 11 is 0. The fourth-order valence-corrected chi connectivity index (χ4v) is 5.24. The minimum Gasteiger partial charge on any atom is -0.363 e. The number of carbonyl (C=O) groups excluding carboxylic acids is 1. The molecule has 0 unspecified atom stereocenters. The predicted molar refractivity (Wildman–Crippen MR) is 111 cm³/mol. The van der Waals surface area contributed by atoms with Crippen molar-refractivity contribution in [2.45, 2.75) is 52.1 Å². The van der Waals surface area contributed by atoms with Crippen molar-refractivity contribution < 1.29 is 9.18 Å². The average Bonchev–Trinajstić information content (AvgIpc) is 2.91. The zero-order valence-corrected chi connectivity index (χ0v) is 17.2. The fraction of sp³-hybridized carbons (Fsp3) is 0.458. The Bertz CT molecular complexity index is 907. The highest BCUT2D eigenvalue weighted by Crippen LogP contribution is 2.44. The smallest absolute Gasteiger partial charge is 0.254 e. The summed E-state index contributed by atoms with van der Waals surface area (Å²) in [6.45, 7) is 10.0. The van der Waals surface area contributed by atoms with Gasteiger partial charge in [-0.05, 0) is 76.3 Å². The summed E-state index contributed by atoms with van der Waals surface area (Å²) in [7, 11) is 0. The number of hydrogen-bond donors (Lipinski definition) is 0. The molecule has 2 aliphatic heterocycles. The van der Waals surface area contributed by atoms with Gasteiger partial charge in [-0.1, -0.05) is 23.8 Å². The number of piperidine rings is 1. The number of carbonyl (C=O) groups is 1. The van der Waals surface area contributed by atoms with E-state index >= 15 is 0 Å². The third-order valence-electron chi connectivity index (χ3n) is 6.44. The quantitative estimate of drug-likeness (QED) is 0.735. The van der Waals surface area contributed by atoms with Crippen molar-refractivity contribution in [3.63, 3.8) is 0 Å². The summed E-state index contributed by atoms with van der Waals surface area (Å²) in [6, 6.07) is 13.3. The highest BCUT2D eigenvalue weighted by Gasteiger charge is 2.48. The molecule has 0 radical (unpaired) electrons. The molecule has 2 aliphatic rings. The molecule has 0 aromatic heterocycles. The zero-order valence-electron chi connectivity index (χ0n) is 17.2. The lowest BCUT2D eigenvalue weighted by Gasteiger charge is -2.42. The van der Waals surface area contributed by atoms with Gasteiger partial charge in [0, 0.05) is 35.9 Å². The summed E-state index contributed by atoms with van der Waals surface area (Å²) in [6.07, 6.45) is 1.92. The van der Waals surface area contributed by atoms with Crippen molar-refractivity contribution in [2.75, 3.05) is 18.0 Å². The van der Waals surface area contributed by atoms with E-state index in [1.54, 1.807) is 12.1 Å². The van der Waals surface area contributed by atoms with Crippen molar-refractivity contribution in [3.8, 4) is 0 Å². The second-order valence-electron chi connectivity index (χ2n) is 9.05. The number of benzene rings is 2. The summed E-state index contributed by atoms with van der Waals surface area (Å²) in [4.78, 5) is 17.6. The first-order valence-electron chi connectivity index (χ1n) is 10.2. The number of amides is 1. The maximum absolute atomic E-state index is 13.8. The fourth-order valence-electron chi connectivity index (χ4n) is 5.24. The van der Waals surface area contributed by atoms with E-state index in [1.807, 2.05) is 36.9 Å². The number of aryl methyl sites for hydroxylation is 2. The van der Waals surface area contributed by atoms with Crippen LogP contribution in [-0.4, -0.2) is 35.5 Å². The van der Waals surface area contributed by atoms with Gasteiger partial charge in [-0.25, -0.2) is 4.39 Å². The van der Waals surface area contributed by atoms with E-state index in [1.165, 1.54) is 6.07 Å². The lowest BCUT2D eigenvalue weighted by Crippen LogP contribution is -2.50. The number of likely N-dealkylation sites (tertiary alicyclic amines) is 1. The molecule has 28 heavy (non-hydrogen) atoms. The van der Waals surface area contributed by atoms with Gasteiger partial charge in [0.25, 0.3) is 5.91 Å². The highest BCUT2D eigenvalue weighted by molar-refractivity contribution is 5.96. The van der Waals surface area contributed by atoms with Crippen LogP contribution in [0.2, 0.25) is 0 Å². The summed E-state index contributed by atoms with van der Waals surface area (Å²) in [5.41, 5.74) is 3.86. The molecule has 2 heterocycles. The van der Waals surface area contributed by atoms with Gasteiger partial charge in [-0.15, -0.1) is 0 Å². The number of hydrogen-bond acceptors (Lipinski definition) is 2. The largest absolute Gasteiger partial charge is 0.363 e. The molecular weight excluding hydrogens is 351 g/mol. The molecule has 2 saturated heterocycles. The van der Waals surface area contributed by atoms with Crippen molar-refractivity contribution in [2.24, 2.45) is 5.92 Å². The summed E-state index contributed by atoms with van der Waals surface area (Å²) in [5, 5.41) is 0. The maximum Gasteiger partial charge on any atom is 0.254 e. The second-order valence-corrected chi connectivity index (χ2v) is 9.05. The van der Waals surface area contributed by atoms with Gasteiger partial charge in [-0.3, -0.25) is 4.79 Å². The van der Waals surface area contributed by atoms with Crippen LogP contribution in [-0.2, 0) is 0 Å². The van der Waals surface area contributed by atoms with Crippen LogP contribution < -0.4 is 4.90 Å². The van der Waals surface area contributed by atoms with E-state index in [9.17, 15) is 9.18 Å². The standard InChI is InChI=1S/C24H29FN2O/c1-16-8-9-17(2)21(12-16)23(28)26-11-10-22-18(15-26)14-24(3,4)27(22)20-7-5-6-19(25)13-20/h5-9,12-13,18,22H,10-11,14-15H2,1-4H3/t18-,22+/m1/s1. The molecule has 0 N–H and O–H groups in total. The van der Waals surface area contributed by atoms with Gasteiger partial charge >= 0.3 is 0 Å². The van der Waals surface area contributed by atoms with Crippen molar-refractivity contribution in [1.29, 1.82) is 0 Å². The van der Waals surface area contributed by atoms with Crippen LogP contribution in [0.1, 0.15) is 48.2 Å². The first-order chi connectivity index (χ1) is 13.3. The normalized spacial score (nSPS) is 23.6. The van der Waals surface area contributed by atoms with Crippen LogP contribution in [0.3, 0.4) is 0 Å². The molecule has 0 aliphatic carbocycles. The molecule has 0 spiro atoms. The van der Waals surface area contributed by atoms with E-state index in [0.29, 0.717) is 12.0 Å². The van der Waals surface area contributed by atoms with Crippen molar-refractivity contribution in [1.82, 2.24) is 4.90 Å². The van der Waals surface area contributed by atoms with Gasteiger partial charge < -0.3 is 9.80 Å². The second kappa shape index (κ2) is 6.91. The molecule has 148 valence electrons. The molecule has 4 heteroatoms. The Hall–Kier alpha value is -2.36. The van der Waals surface area contributed by atoms with Gasteiger partial charge in [0.2, 0.25) is 0 Å². The van der Waals surface area contributed by atoms with Crippen LogP contribution in [0.25, 0.3) is 0 Å². The van der Waals surface area contributed by atoms with Crippen LogP contribution in [0, 0.1) is 25.6 Å². The Balaban J connectivity index is 1.57. The van der Waals surface area contributed by atoms with E-state index in [2.05, 4.69) is 24.8 Å². The molecule has 3 nitrogen and oxygen atoms in total. The Morgan fingerprint density at radius 1 is 1.14 bits per heavy atom. The first kappa shape index (κ1) is 19.0. The van der Waals surface area contributed by atoms with E-state index in [4.69, 9.17) is 0 Å². The van der Waals surface area contributed by atoms with Gasteiger partial charge in [0.15, 0.2) is 0 Å². The SMILES string of the molecule is Cc1ccc(C)c(C(=O)N2CC[C@H]3[C@@H](C2)CC(C)(C)N3c2cccc(F)c2)c1. The van der Waals surface area contributed by atoms with Crippen molar-refractivity contribution in [3.05, 3.63) is 65.0 Å². The Labute approximate surface area is 167 Å². The van der Waals surface area contributed by atoms with Crippen molar-refractivity contribution >= 4 is 11.6 Å². The molecule has 4 rings (SSSR count). The monoisotopic (exact) mass is 380 g/mol. The molecule has 2 aromatic carbocycles. The summed E-state index contributed by atoms with van der Waals surface area (Å²) in [5.74, 6) is 0.349. The molecular formula is C24H29FN2O. The Morgan fingerprint density at radius 2 is 1.93 bits per heavy atom. The molecule has 0 bridgehead atoms. The van der Waals surface area contributed by atoms with Gasteiger partial charge in [-0.2, -0.15) is 0 Å². The highest BCUT2D eigenvalue weighted by atomic mass is 19.1. The number of nitrogens with zero attached hydrogens (tertiary/aromatic N) is 2. The minimum absolute atomic E-state index is 0.0541. The number of halogens is 1. The number of rotatable bonds is 2. The molecule has 0 saturated carbocycles. The Morgan fingerprint density at radius 3 is 2.68 bits per heavy atom. The molecule has 2 atom stereocenters. The van der Waals surface area contributed by atoms with E-state index < -0.39 is 0 Å². The first-order valence-corrected chi connectivity index (χ1v) is 10.2. The van der Waals surface area contributed by atoms with Gasteiger partial charge in [0.1, 0.15) is 5.82 Å².